The van der Waals surface area contributed by atoms with Gasteiger partial charge in [-0.05, 0) is 36.6 Å². The summed E-state index contributed by atoms with van der Waals surface area (Å²) in [5.41, 5.74) is 3.17. The quantitative estimate of drug-likeness (QED) is 0.790. The second-order valence-corrected chi connectivity index (χ2v) is 4.96. The number of carboxylic acids is 1. The van der Waals surface area contributed by atoms with Crippen LogP contribution in [0, 0.1) is 0 Å². The van der Waals surface area contributed by atoms with Crippen molar-refractivity contribution in [3.63, 3.8) is 0 Å². The number of hydrogen-bond donors (Lipinski definition) is 1. The standard InChI is InChI=1S/C18H15NO2/c20-18(21)16-7-3-1-5-13(16)9-11-15-12-10-14-6-2-4-8-17(14)19-15/h1-8,10,12H,9,11H2,(H,20,21). The molecule has 0 aliphatic carbocycles. The fraction of sp³-hybridized carbons (Fsp3) is 0.111. The van der Waals surface area contributed by atoms with E-state index in [2.05, 4.69) is 11.1 Å². The second kappa shape index (κ2) is 5.75. The van der Waals surface area contributed by atoms with Gasteiger partial charge in [0.05, 0.1) is 11.1 Å². The van der Waals surface area contributed by atoms with Crippen molar-refractivity contribution in [1.29, 1.82) is 0 Å². The zero-order valence-electron chi connectivity index (χ0n) is 11.5. The third-order valence-corrected chi connectivity index (χ3v) is 3.55. The van der Waals surface area contributed by atoms with Crippen LogP contribution in [0.3, 0.4) is 0 Å². The van der Waals surface area contributed by atoms with Gasteiger partial charge in [-0.2, -0.15) is 0 Å². The van der Waals surface area contributed by atoms with Gasteiger partial charge in [-0.15, -0.1) is 0 Å². The molecule has 3 heteroatoms. The Balaban J connectivity index is 1.82. The predicted octanol–water partition coefficient (Wildman–Crippen LogP) is 3.72. The summed E-state index contributed by atoms with van der Waals surface area (Å²) in [7, 11) is 0. The fourth-order valence-corrected chi connectivity index (χ4v) is 2.46. The molecule has 1 N–H and O–H groups in total. The highest BCUT2D eigenvalue weighted by molar-refractivity contribution is 5.89. The lowest BCUT2D eigenvalue weighted by atomic mass is 10.0. The lowest BCUT2D eigenvalue weighted by Gasteiger charge is -2.06. The van der Waals surface area contributed by atoms with Crippen molar-refractivity contribution in [3.8, 4) is 0 Å². The lowest BCUT2D eigenvalue weighted by molar-refractivity contribution is 0.0695. The maximum absolute atomic E-state index is 11.2. The van der Waals surface area contributed by atoms with E-state index < -0.39 is 5.97 Å². The number of rotatable bonds is 4. The molecule has 0 unspecified atom stereocenters. The zero-order chi connectivity index (χ0) is 14.7. The van der Waals surface area contributed by atoms with Gasteiger partial charge in [-0.3, -0.25) is 4.98 Å². The van der Waals surface area contributed by atoms with Gasteiger partial charge in [0.15, 0.2) is 0 Å². The van der Waals surface area contributed by atoms with E-state index in [1.54, 1.807) is 12.1 Å². The van der Waals surface area contributed by atoms with Crippen molar-refractivity contribution < 1.29 is 9.90 Å². The van der Waals surface area contributed by atoms with Crippen LogP contribution >= 0.6 is 0 Å². The third kappa shape index (κ3) is 2.92. The number of carbonyl (C=O) groups is 1. The molecule has 0 saturated heterocycles. The maximum atomic E-state index is 11.2. The van der Waals surface area contributed by atoms with Crippen molar-refractivity contribution in [2.24, 2.45) is 0 Å². The van der Waals surface area contributed by atoms with Gasteiger partial charge < -0.3 is 5.11 Å². The summed E-state index contributed by atoms with van der Waals surface area (Å²) in [6.45, 7) is 0. The van der Waals surface area contributed by atoms with Crippen LogP contribution in [-0.2, 0) is 12.8 Å². The normalized spacial score (nSPS) is 10.7. The van der Waals surface area contributed by atoms with Gasteiger partial charge in [-0.25, -0.2) is 4.79 Å². The van der Waals surface area contributed by atoms with Gasteiger partial charge >= 0.3 is 5.97 Å². The first-order valence-corrected chi connectivity index (χ1v) is 6.90. The molecular formula is C18H15NO2. The highest BCUT2D eigenvalue weighted by atomic mass is 16.4. The van der Waals surface area contributed by atoms with E-state index in [1.165, 1.54) is 0 Å². The number of aromatic nitrogens is 1. The third-order valence-electron chi connectivity index (χ3n) is 3.55. The monoisotopic (exact) mass is 277 g/mol. The molecule has 3 rings (SSSR count). The van der Waals surface area contributed by atoms with E-state index >= 15 is 0 Å². The molecule has 3 nitrogen and oxygen atoms in total. The van der Waals surface area contributed by atoms with Gasteiger partial charge in [0.1, 0.15) is 0 Å². The SMILES string of the molecule is O=C(O)c1ccccc1CCc1ccc2ccccc2n1. The Bertz CT molecular complexity index is 796. The number of para-hydroxylation sites is 1. The molecule has 0 aliphatic rings. The first-order chi connectivity index (χ1) is 10.2. The first-order valence-electron chi connectivity index (χ1n) is 6.90. The molecule has 1 aromatic heterocycles. The van der Waals surface area contributed by atoms with Gasteiger partial charge in [0, 0.05) is 11.1 Å². The molecule has 0 atom stereocenters. The number of carboxylic acid groups (broad SMARTS) is 1. The minimum Gasteiger partial charge on any atom is -0.478 e. The molecule has 0 spiro atoms. The first kappa shape index (κ1) is 13.3. The molecule has 3 aromatic rings. The summed E-state index contributed by atoms with van der Waals surface area (Å²) in [6.07, 6.45) is 1.41. The van der Waals surface area contributed by atoms with Crippen LogP contribution in [-0.4, -0.2) is 16.1 Å². The minimum atomic E-state index is -0.878. The number of aryl methyl sites for hydroxylation is 2. The van der Waals surface area contributed by atoms with E-state index in [0.717, 1.165) is 28.6 Å². The number of pyridine rings is 1. The van der Waals surface area contributed by atoms with Crippen LogP contribution in [0.1, 0.15) is 21.6 Å². The summed E-state index contributed by atoms with van der Waals surface area (Å²) in [4.78, 5) is 15.8. The van der Waals surface area contributed by atoms with E-state index in [1.807, 2.05) is 42.5 Å². The average Bonchev–Trinajstić information content (AvgIpc) is 2.53. The Morgan fingerprint density at radius 3 is 2.52 bits per heavy atom. The summed E-state index contributed by atoms with van der Waals surface area (Å²) in [5, 5.41) is 10.3. The second-order valence-electron chi connectivity index (χ2n) is 4.96. The smallest absolute Gasteiger partial charge is 0.335 e. The van der Waals surface area contributed by atoms with E-state index in [0.29, 0.717) is 12.0 Å². The highest BCUT2D eigenvalue weighted by Gasteiger charge is 2.09. The molecule has 21 heavy (non-hydrogen) atoms. The van der Waals surface area contributed by atoms with Gasteiger partial charge in [-0.1, -0.05) is 42.5 Å². The van der Waals surface area contributed by atoms with Crippen LogP contribution in [0.2, 0.25) is 0 Å². The Kier molecular flexibility index (Phi) is 3.65. The molecular weight excluding hydrogens is 262 g/mol. The van der Waals surface area contributed by atoms with E-state index in [4.69, 9.17) is 0 Å². The summed E-state index contributed by atoms with van der Waals surface area (Å²) >= 11 is 0. The Morgan fingerprint density at radius 2 is 1.67 bits per heavy atom. The average molecular weight is 277 g/mol. The molecule has 2 aromatic carbocycles. The minimum absolute atomic E-state index is 0.373. The summed E-state index contributed by atoms with van der Waals surface area (Å²) in [5.74, 6) is -0.878. The highest BCUT2D eigenvalue weighted by Crippen LogP contribution is 2.15. The Labute approximate surface area is 122 Å². The molecule has 0 fully saturated rings. The topological polar surface area (TPSA) is 50.2 Å². The van der Waals surface area contributed by atoms with Crippen LogP contribution in [0.5, 0.6) is 0 Å². The molecule has 104 valence electrons. The molecule has 0 radical (unpaired) electrons. The number of nitrogens with zero attached hydrogens (tertiary/aromatic N) is 1. The number of aromatic carboxylic acids is 1. The van der Waals surface area contributed by atoms with E-state index in [9.17, 15) is 9.90 Å². The lowest BCUT2D eigenvalue weighted by Crippen LogP contribution is -2.04. The zero-order valence-corrected chi connectivity index (χ0v) is 11.5. The summed E-state index contributed by atoms with van der Waals surface area (Å²) in [6, 6.07) is 19.2. The van der Waals surface area contributed by atoms with Crippen molar-refractivity contribution in [2.75, 3.05) is 0 Å². The number of hydrogen-bond acceptors (Lipinski definition) is 2. The van der Waals surface area contributed by atoms with E-state index in [-0.39, 0.29) is 0 Å². The number of benzene rings is 2. The van der Waals surface area contributed by atoms with Crippen LogP contribution in [0.4, 0.5) is 0 Å². The molecule has 0 bridgehead atoms. The predicted molar refractivity (Wildman–Crippen MR) is 82.6 cm³/mol. The van der Waals surface area contributed by atoms with Crippen molar-refractivity contribution >= 4 is 16.9 Å². The van der Waals surface area contributed by atoms with Crippen LogP contribution < -0.4 is 0 Å². The summed E-state index contributed by atoms with van der Waals surface area (Å²) < 4.78 is 0. The Hall–Kier alpha value is -2.68. The molecule has 1 heterocycles. The molecule has 0 amide bonds. The molecule has 0 aliphatic heterocycles. The van der Waals surface area contributed by atoms with Gasteiger partial charge in [0.2, 0.25) is 0 Å². The molecule has 0 saturated carbocycles. The Morgan fingerprint density at radius 1 is 0.905 bits per heavy atom. The fourth-order valence-electron chi connectivity index (χ4n) is 2.46. The maximum Gasteiger partial charge on any atom is 0.335 e. The van der Waals surface area contributed by atoms with Gasteiger partial charge in [0.25, 0.3) is 0 Å². The van der Waals surface area contributed by atoms with Crippen molar-refractivity contribution in [3.05, 3.63) is 77.5 Å². The number of fused-ring (bicyclic) bond motifs is 1. The van der Waals surface area contributed by atoms with Crippen LogP contribution in [0.25, 0.3) is 10.9 Å². The van der Waals surface area contributed by atoms with Crippen molar-refractivity contribution in [2.45, 2.75) is 12.8 Å². The van der Waals surface area contributed by atoms with Crippen molar-refractivity contribution in [1.82, 2.24) is 4.98 Å². The van der Waals surface area contributed by atoms with Crippen LogP contribution in [0.15, 0.2) is 60.7 Å². The largest absolute Gasteiger partial charge is 0.478 e.